The average molecular weight is 281 g/mol. The summed E-state index contributed by atoms with van der Waals surface area (Å²) in [7, 11) is 0. The van der Waals surface area contributed by atoms with Gasteiger partial charge in [0.05, 0.1) is 12.5 Å². The highest BCUT2D eigenvalue weighted by Crippen LogP contribution is 2.18. The lowest BCUT2D eigenvalue weighted by Gasteiger charge is -2.27. The number of imidazole rings is 1. The molecule has 0 saturated heterocycles. The molecule has 0 saturated carbocycles. The van der Waals surface area contributed by atoms with Gasteiger partial charge >= 0.3 is 12.1 Å². The van der Waals surface area contributed by atoms with Crippen molar-refractivity contribution in [3.63, 3.8) is 0 Å². The summed E-state index contributed by atoms with van der Waals surface area (Å²) in [5.74, 6) is -0.933. The Bertz CT molecular complexity index is 518. The number of aliphatic carboxylic acids is 1. The third-order valence-electron chi connectivity index (χ3n) is 2.99. The Morgan fingerprint density at radius 1 is 1.40 bits per heavy atom. The first-order valence-corrected chi connectivity index (χ1v) is 6.47. The first-order chi connectivity index (χ1) is 9.26. The van der Waals surface area contributed by atoms with Crippen molar-refractivity contribution < 1.29 is 19.4 Å². The van der Waals surface area contributed by atoms with Gasteiger partial charge < -0.3 is 14.4 Å². The van der Waals surface area contributed by atoms with Crippen molar-refractivity contribution in [2.75, 3.05) is 6.54 Å². The van der Waals surface area contributed by atoms with Crippen molar-refractivity contribution in [1.29, 1.82) is 0 Å². The Hall–Kier alpha value is -2.05. The van der Waals surface area contributed by atoms with Crippen LogP contribution in [0.1, 0.15) is 26.6 Å². The molecule has 1 aromatic heterocycles. The number of aromatic nitrogens is 2. The fourth-order valence-corrected chi connectivity index (χ4v) is 2.08. The van der Waals surface area contributed by atoms with E-state index in [2.05, 4.69) is 4.98 Å². The van der Waals surface area contributed by atoms with E-state index in [9.17, 15) is 14.7 Å². The maximum Gasteiger partial charge on any atom is 0.410 e. The largest absolute Gasteiger partial charge is 0.481 e. The number of ether oxygens (including phenoxy) is 1. The molecule has 2 heterocycles. The summed E-state index contributed by atoms with van der Waals surface area (Å²) >= 11 is 0. The van der Waals surface area contributed by atoms with Crippen molar-refractivity contribution in [3.8, 4) is 0 Å². The number of carboxylic acids is 1. The lowest BCUT2D eigenvalue weighted by atomic mass is 10.1. The summed E-state index contributed by atoms with van der Waals surface area (Å²) in [6, 6.07) is 0. The highest BCUT2D eigenvalue weighted by molar-refractivity contribution is 5.73. The molecule has 1 aromatic rings. The summed E-state index contributed by atoms with van der Waals surface area (Å²) < 4.78 is 7.08. The predicted octanol–water partition coefficient (Wildman–Crippen LogP) is 1.33. The maximum atomic E-state index is 12.1. The van der Waals surface area contributed by atoms with Crippen LogP contribution in [0.15, 0.2) is 12.4 Å². The second kappa shape index (κ2) is 5.15. The molecular formula is C13H19N3O4. The van der Waals surface area contributed by atoms with Crippen LogP contribution in [-0.4, -0.2) is 43.8 Å². The van der Waals surface area contributed by atoms with E-state index in [1.165, 1.54) is 4.90 Å². The summed E-state index contributed by atoms with van der Waals surface area (Å²) in [6.45, 7) is 6.01. The molecular weight excluding hydrogens is 262 g/mol. The molecule has 2 rings (SSSR count). The lowest BCUT2D eigenvalue weighted by molar-refractivity contribution is -0.142. The molecule has 0 spiro atoms. The van der Waals surface area contributed by atoms with E-state index >= 15 is 0 Å². The number of rotatable bonds is 1. The molecule has 1 atom stereocenters. The minimum absolute atomic E-state index is 0.119. The standard InChI is InChI=1S/C13H19N3O4/c1-13(2,3)20-12(19)16-7-9(11(17)18)6-15-5-4-14-10(15)8-16/h4-5,9H,6-8H2,1-3H3,(H,17,18). The van der Waals surface area contributed by atoms with Gasteiger partial charge in [-0.2, -0.15) is 0 Å². The van der Waals surface area contributed by atoms with Gasteiger partial charge in [0, 0.05) is 25.5 Å². The van der Waals surface area contributed by atoms with E-state index in [0.717, 1.165) is 0 Å². The Labute approximate surface area is 117 Å². The number of carboxylic acid groups (broad SMARTS) is 1. The highest BCUT2D eigenvalue weighted by Gasteiger charge is 2.31. The Morgan fingerprint density at radius 3 is 2.70 bits per heavy atom. The molecule has 1 unspecified atom stereocenters. The fraction of sp³-hybridized carbons (Fsp3) is 0.615. The van der Waals surface area contributed by atoms with Crippen LogP contribution in [-0.2, 0) is 22.6 Å². The second-order valence-corrected chi connectivity index (χ2v) is 5.89. The zero-order valence-corrected chi connectivity index (χ0v) is 11.9. The van der Waals surface area contributed by atoms with Crippen molar-refractivity contribution in [2.45, 2.75) is 39.5 Å². The van der Waals surface area contributed by atoms with Crippen LogP contribution >= 0.6 is 0 Å². The first kappa shape index (κ1) is 14.4. The predicted molar refractivity (Wildman–Crippen MR) is 70.0 cm³/mol. The van der Waals surface area contributed by atoms with Crippen LogP contribution in [0.5, 0.6) is 0 Å². The topological polar surface area (TPSA) is 84.7 Å². The first-order valence-electron chi connectivity index (χ1n) is 6.47. The van der Waals surface area contributed by atoms with Gasteiger partial charge in [-0.05, 0) is 20.8 Å². The monoisotopic (exact) mass is 281 g/mol. The zero-order valence-electron chi connectivity index (χ0n) is 11.9. The van der Waals surface area contributed by atoms with Gasteiger partial charge in [0.2, 0.25) is 0 Å². The Balaban J connectivity index is 2.21. The number of hydrogen-bond acceptors (Lipinski definition) is 4. The molecule has 110 valence electrons. The van der Waals surface area contributed by atoms with Crippen molar-refractivity contribution in [3.05, 3.63) is 18.2 Å². The van der Waals surface area contributed by atoms with Gasteiger partial charge in [-0.3, -0.25) is 9.69 Å². The van der Waals surface area contributed by atoms with Gasteiger partial charge in [-0.25, -0.2) is 9.78 Å². The lowest BCUT2D eigenvalue weighted by Crippen LogP contribution is -2.40. The quantitative estimate of drug-likeness (QED) is 0.839. The third-order valence-corrected chi connectivity index (χ3v) is 2.99. The molecule has 1 aliphatic rings. The number of hydrogen-bond donors (Lipinski definition) is 1. The normalized spacial score (nSPS) is 19.1. The number of nitrogens with zero attached hydrogens (tertiary/aromatic N) is 3. The SMILES string of the molecule is CC(C)(C)OC(=O)N1Cc2nccn2CC(C(=O)O)C1. The van der Waals surface area contributed by atoms with Crippen LogP contribution in [0.2, 0.25) is 0 Å². The van der Waals surface area contributed by atoms with Crippen LogP contribution in [0, 0.1) is 5.92 Å². The van der Waals surface area contributed by atoms with Gasteiger partial charge in [0.1, 0.15) is 11.4 Å². The minimum Gasteiger partial charge on any atom is -0.481 e. The van der Waals surface area contributed by atoms with Crippen LogP contribution in [0.3, 0.4) is 0 Å². The van der Waals surface area contributed by atoms with Crippen molar-refractivity contribution in [2.24, 2.45) is 5.92 Å². The third kappa shape index (κ3) is 3.28. The van der Waals surface area contributed by atoms with Crippen LogP contribution in [0.25, 0.3) is 0 Å². The van der Waals surface area contributed by atoms with Crippen molar-refractivity contribution in [1.82, 2.24) is 14.5 Å². The number of carbonyl (C=O) groups is 2. The molecule has 0 fully saturated rings. The van der Waals surface area contributed by atoms with Crippen LogP contribution in [0.4, 0.5) is 4.79 Å². The van der Waals surface area contributed by atoms with E-state index in [0.29, 0.717) is 12.4 Å². The molecule has 0 bridgehead atoms. The summed E-state index contributed by atoms with van der Waals surface area (Å²) in [4.78, 5) is 29.0. The van der Waals surface area contributed by atoms with Gasteiger partial charge in [0.15, 0.2) is 0 Å². The summed E-state index contributed by atoms with van der Waals surface area (Å²) in [6.07, 6.45) is 2.82. The van der Waals surface area contributed by atoms with E-state index in [1.807, 2.05) is 0 Å². The fourth-order valence-electron chi connectivity index (χ4n) is 2.08. The van der Waals surface area contributed by atoms with Gasteiger partial charge in [0.25, 0.3) is 0 Å². The van der Waals surface area contributed by atoms with E-state index in [-0.39, 0.29) is 13.1 Å². The van der Waals surface area contributed by atoms with E-state index in [1.54, 1.807) is 37.7 Å². The second-order valence-electron chi connectivity index (χ2n) is 5.89. The molecule has 1 aliphatic heterocycles. The number of amides is 1. The molecule has 20 heavy (non-hydrogen) atoms. The number of fused-ring (bicyclic) bond motifs is 1. The highest BCUT2D eigenvalue weighted by atomic mass is 16.6. The molecule has 0 aromatic carbocycles. The van der Waals surface area contributed by atoms with E-state index < -0.39 is 23.6 Å². The molecule has 1 amide bonds. The number of carbonyl (C=O) groups excluding carboxylic acids is 1. The molecule has 0 radical (unpaired) electrons. The molecule has 1 N–H and O–H groups in total. The Morgan fingerprint density at radius 2 is 2.10 bits per heavy atom. The van der Waals surface area contributed by atoms with Gasteiger partial charge in [-0.15, -0.1) is 0 Å². The maximum absolute atomic E-state index is 12.1. The zero-order chi connectivity index (χ0) is 14.9. The van der Waals surface area contributed by atoms with Crippen LogP contribution < -0.4 is 0 Å². The molecule has 7 heteroatoms. The van der Waals surface area contributed by atoms with E-state index in [4.69, 9.17) is 4.74 Å². The smallest absolute Gasteiger partial charge is 0.410 e. The Kier molecular flexibility index (Phi) is 3.69. The molecule has 0 aliphatic carbocycles. The van der Waals surface area contributed by atoms with Crippen molar-refractivity contribution >= 4 is 12.1 Å². The summed E-state index contributed by atoms with van der Waals surface area (Å²) in [5.41, 5.74) is -0.614. The minimum atomic E-state index is -0.930. The summed E-state index contributed by atoms with van der Waals surface area (Å²) in [5, 5.41) is 9.25. The average Bonchev–Trinajstić information content (AvgIpc) is 2.64. The molecule has 7 nitrogen and oxygen atoms in total. The van der Waals surface area contributed by atoms with Gasteiger partial charge in [-0.1, -0.05) is 0 Å².